The van der Waals surface area contributed by atoms with Crippen LogP contribution in [0, 0.1) is 0 Å². The molecule has 0 aliphatic rings. The maximum Gasteiger partial charge on any atom is 0.306 e. The maximum absolute atomic E-state index is 11.6. The largest absolute Gasteiger partial charge is 0.469 e. The minimum atomic E-state index is -3.40. The van der Waals surface area contributed by atoms with E-state index in [2.05, 4.69) is 9.46 Å². The van der Waals surface area contributed by atoms with Crippen LogP contribution in [0.15, 0.2) is 30.3 Å². The highest BCUT2D eigenvalue weighted by molar-refractivity contribution is 7.88. The molecule has 1 rings (SSSR count). The Balaban J connectivity index is 2.44. The minimum absolute atomic E-state index is 0.0323. The summed E-state index contributed by atoms with van der Waals surface area (Å²) in [6.45, 7) is 0.0574. The number of rotatable bonds is 6. The summed E-state index contributed by atoms with van der Waals surface area (Å²) >= 11 is 0. The van der Waals surface area contributed by atoms with Crippen LogP contribution in [0.4, 0.5) is 0 Å². The molecule has 0 saturated carbocycles. The van der Waals surface area contributed by atoms with Gasteiger partial charge in [0.2, 0.25) is 10.0 Å². The fraction of sp³-hybridized carbons (Fsp3) is 0.364. The third-order valence-corrected chi connectivity index (χ3v) is 3.44. The van der Waals surface area contributed by atoms with Crippen LogP contribution in [0.2, 0.25) is 0 Å². The molecule has 0 saturated heterocycles. The van der Waals surface area contributed by atoms with Crippen molar-refractivity contribution in [3.05, 3.63) is 35.9 Å². The van der Waals surface area contributed by atoms with Crippen molar-refractivity contribution in [2.45, 2.75) is 12.2 Å². The minimum Gasteiger partial charge on any atom is -0.469 e. The number of hydrogen-bond donors (Lipinski definition) is 1. The van der Waals surface area contributed by atoms with E-state index >= 15 is 0 Å². The zero-order valence-electron chi connectivity index (χ0n) is 9.55. The zero-order valence-corrected chi connectivity index (χ0v) is 10.4. The third kappa shape index (κ3) is 5.46. The molecule has 0 radical (unpaired) electrons. The van der Waals surface area contributed by atoms with Crippen molar-refractivity contribution in [2.24, 2.45) is 0 Å². The van der Waals surface area contributed by atoms with Crippen LogP contribution in [-0.2, 0) is 25.3 Å². The van der Waals surface area contributed by atoms with Crippen LogP contribution in [0.25, 0.3) is 0 Å². The molecule has 1 N–H and O–H groups in total. The average molecular weight is 257 g/mol. The Bertz CT molecular complexity index is 456. The number of hydrogen-bond acceptors (Lipinski definition) is 4. The lowest BCUT2D eigenvalue weighted by Gasteiger charge is -2.05. The second kappa shape index (κ2) is 6.36. The van der Waals surface area contributed by atoms with Crippen LogP contribution in [0.1, 0.15) is 12.0 Å². The maximum atomic E-state index is 11.6. The number of esters is 1. The van der Waals surface area contributed by atoms with Gasteiger partial charge in [-0.05, 0) is 5.56 Å². The predicted molar refractivity (Wildman–Crippen MR) is 63.7 cm³/mol. The SMILES string of the molecule is COC(=O)CCNS(=O)(=O)Cc1ccccc1. The first-order valence-electron chi connectivity index (χ1n) is 5.11. The highest BCUT2D eigenvalue weighted by atomic mass is 32.2. The first-order chi connectivity index (χ1) is 8.03. The topological polar surface area (TPSA) is 72.5 Å². The van der Waals surface area contributed by atoms with Gasteiger partial charge < -0.3 is 4.74 Å². The van der Waals surface area contributed by atoms with Crippen LogP contribution in [-0.4, -0.2) is 28.0 Å². The lowest BCUT2D eigenvalue weighted by molar-refractivity contribution is -0.140. The normalized spacial score (nSPS) is 11.1. The van der Waals surface area contributed by atoms with Crippen molar-refractivity contribution in [3.63, 3.8) is 0 Å². The number of nitrogens with one attached hydrogen (secondary N) is 1. The fourth-order valence-corrected chi connectivity index (χ4v) is 2.40. The van der Waals surface area contributed by atoms with Crippen LogP contribution < -0.4 is 4.72 Å². The molecule has 1 aromatic rings. The van der Waals surface area contributed by atoms with E-state index in [1.807, 2.05) is 6.07 Å². The van der Waals surface area contributed by atoms with E-state index in [-0.39, 0.29) is 18.7 Å². The van der Waals surface area contributed by atoms with Gasteiger partial charge in [-0.1, -0.05) is 30.3 Å². The van der Waals surface area contributed by atoms with Gasteiger partial charge in [0.05, 0.1) is 19.3 Å². The molecule has 0 aliphatic carbocycles. The lowest BCUT2D eigenvalue weighted by atomic mass is 10.2. The molecule has 17 heavy (non-hydrogen) atoms. The van der Waals surface area contributed by atoms with Gasteiger partial charge >= 0.3 is 5.97 Å². The van der Waals surface area contributed by atoms with Crippen molar-refractivity contribution < 1.29 is 17.9 Å². The van der Waals surface area contributed by atoms with Gasteiger partial charge in [0.15, 0.2) is 0 Å². The molecule has 1 aromatic carbocycles. The van der Waals surface area contributed by atoms with Gasteiger partial charge in [0.1, 0.15) is 0 Å². The van der Waals surface area contributed by atoms with Crippen molar-refractivity contribution >= 4 is 16.0 Å². The van der Waals surface area contributed by atoms with Crippen molar-refractivity contribution in [1.82, 2.24) is 4.72 Å². The fourth-order valence-electron chi connectivity index (χ4n) is 1.26. The van der Waals surface area contributed by atoms with E-state index < -0.39 is 16.0 Å². The Morgan fingerprint density at radius 3 is 2.53 bits per heavy atom. The van der Waals surface area contributed by atoms with Crippen molar-refractivity contribution in [1.29, 1.82) is 0 Å². The van der Waals surface area contributed by atoms with Gasteiger partial charge in [0, 0.05) is 6.54 Å². The molecule has 5 nitrogen and oxygen atoms in total. The Labute approximate surface area is 101 Å². The van der Waals surface area contributed by atoms with Gasteiger partial charge in [-0.2, -0.15) is 0 Å². The molecular formula is C11H15NO4S. The van der Waals surface area contributed by atoms with Crippen LogP contribution in [0.5, 0.6) is 0 Å². The van der Waals surface area contributed by atoms with Crippen molar-refractivity contribution in [2.75, 3.05) is 13.7 Å². The first kappa shape index (κ1) is 13.7. The second-order valence-electron chi connectivity index (χ2n) is 3.47. The summed E-state index contributed by atoms with van der Waals surface area (Å²) in [7, 11) is -2.13. The van der Waals surface area contributed by atoms with E-state index in [4.69, 9.17) is 0 Å². The molecule has 0 bridgehead atoms. The van der Waals surface area contributed by atoms with Gasteiger partial charge in [0.25, 0.3) is 0 Å². The number of ether oxygens (including phenoxy) is 1. The summed E-state index contributed by atoms with van der Waals surface area (Å²) in [5.74, 6) is -0.526. The van der Waals surface area contributed by atoms with E-state index in [1.54, 1.807) is 24.3 Å². The summed E-state index contributed by atoms with van der Waals surface area (Å²) < 4.78 is 30.0. The number of methoxy groups -OCH3 is 1. The second-order valence-corrected chi connectivity index (χ2v) is 5.27. The first-order valence-corrected chi connectivity index (χ1v) is 6.77. The van der Waals surface area contributed by atoms with Crippen LogP contribution >= 0.6 is 0 Å². The summed E-state index contributed by atoms with van der Waals surface area (Å²) in [6, 6.07) is 8.85. The number of benzene rings is 1. The number of carbonyl (C=O) groups is 1. The van der Waals surface area contributed by atoms with Gasteiger partial charge in [-0.15, -0.1) is 0 Å². The quantitative estimate of drug-likeness (QED) is 0.760. The van der Waals surface area contributed by atoms with Crippen LogP contribution in [0.3, 0.4) is 0 Å². The summed E-state index contributed by atoms with van der Waals surface area (Å²) in [5.41, 5.74) is 0.707. The molecule has 94 valence electrons. The Morgan fingerprint density at radius 2 is 1.94 bits per heavy atom. The van der Waals surface area contributed by atoms with E-state index in [0.717, 1.165) is 0 Å². The highest BCUT2D eigenvalue weighted by Crippen LogP contribution is 2.03. The molecule has 0 fully saturated rings. The molecular weight excluding hydrogens is 242 g/mol. The molecule has 0 unspecified atom stereocenters. The molecule has 0 heterocycles. The molecule has 0 atom stereocenters. The summed E-state index contributed by atoms with van der Waals surface area (Å²) in [5, 5.41) is 0. The monoisotopic (exact) mass is 257 g/mol. The predicted octanol–water partition coefficient (Wildman–Crippen LogP) is 0.669. The Morgan fingerprint density at radius 1 is 1.29 bits per heavy atom. The summed E-state index contributed by atoms with van der Waals surface area (Å²) in [6.07, 6.45) is 0.0323. The number of carbonyl (C=O) groups excluding carboxylic acids is 1. The Hall–Kier alpha value is -1.40. The van der Waals surface area contributed by atoms with E-state index in [1.165, 1.54) is 7.11 Å². The molecule has 0 aliphatic heterocycles. The van der Waals surface area contributed by atoms with Crippen molar-refractivity contribution in [3.8, 4) is 0 Å². The zero-order chi connectivity index (χ0) is 12.7. The average Bonchev–Trinajstić information content (AvgIpc) is 2.29. The Kier molecular flexibility index (Phi) is 5.11. The van der Waals surface area contributed by atoms with Gasteiger partial charge in [-0.3, -0.25) is 4.79 Å². The molecule has 0 aromatic heterocycles. The molecule has 0 amide bonds. The third-order valence-electron chi connectivity index (χ3n) is 2.08. The highest BCUT2D eigenvalue weighted by Gasteiger charge is 2.11. The standard InChI is InChI=1S/C11H15NO4S/c1-16-11(13)7-8-12-17(14,15)9-10-5-3-2-4-6-10/h2-6,12H,7-9H2,1H3. The molecule has 0 spiro atoms. The van der Waals surface area contributed by atoms with E-state index in [0.29, 0.717) is 5.56 Å². The lowest BCUT2D eigenvalue weighted by Crippen LogP contribution is -2.27. The smallest absolute Gasteiger partial charge is 0.306 e. The number of sulfonamides is 1. The summed E-state index contributed by atoms with van der Waals surface area (Å²) in [4.78, 5) is 10.8. The van der Waals surface area contributed by atoms with Gasteiger partial charge in [-0.25, -0.2) is 13.1 Å². The van der Waals surface area contributed by atoms with E-state index in [9.17, 15) is 13.2 Å². The molecule has 6 heteroatoms.